The lowest BCUT2D eigenvalue weighted by molar-refractivity contribution is 0.0793. The molecule has 0 radical (unpaired) electrons. The SMILES string of the molecule is CCN1CCN(S(=O)(=O)c2ccc(-c3[nH]ncc3C(=O)N3CCCC3)o2)CC1. The van der Waals surface area contributed by atoms with E-state index in [-0.39, 0.29) is 11.0 Å². The summed E-state index contributed by atoms with van der Waals surface area (Å²) < 4.78 is 32.9. The number of nitrogens with one attached hydrogen (secondary N) is 1. The van der Waals surface area contributed by atoms with E-state index in [1.54, 1.807) is 11.0 Å². The lowest BCUT2D eigenvalue weighted by Gasteiger charge is -2.32. The Morgan fingerprint density at radius 3 is 2.54 bits per heavy atom. The van der Waals surface area contributed by atoms with Gasteiger partial charge in [-0.25, -0.2) is 8.42 Å². The van der Waals surface area contributed by atoms with Crippen molar-refractivity contribution in [3.63, 3.8) is 0 Å². The highest BCUT2D eigenvalue weighted by Gasteiger charge is 2.32. The van der Waals surface area contributed by atoms with Crippen molar-refractivity contribution in [1.29, 1.82) is 0 Å². The van der Waals surface area contributed by atoms with Gasteiger partial charge in [-0.05, 0) is 31.5 Å². The van der Waals surface area contributed by atoms with Crippen LogP contribution in [0.1, 0.15) is 30.1 Å². The van der Waals surface area contributed by atoms with Crippen molar-refractivity contribution in [2.45, 2.75) is 24.9 Å². The van der Waals surface area contributed by atoms with Gasteiger partial charge >= 0.3 is 0 Å². The monoisotopic (exact) mass is 407 g/mol. The van der Waals surface area contributed by atoms with Crippen molar-refractivity contribution in [3.8, 4) is 11.5 Å². The smallest absolute Gasteiger partial charge is 0.276 e. The molecule has 0 saturated carbocycles. The molecule has 1 amide bonds. The number of likely N-dealkylation sites (N-methyl/N-ethyl adjacent to an activating group) is 1. The molecule has 2 aromatic rings. The summed E-state index contributed by atoms with van der Waals surface area (Å²) in [5.41, 5.74) is 0.811. The van der Waals surface area contributed by atoms with Crippen molar-refractivity contribution in [2.24, 2.45) is 0 Å². The number of rotatable bonds is 5. The van der Waals surface area contributed by atoms with E-state index < -0.39 is 10.0 Å². The lowest BCUT2D eigenvalue weighted by atomic mass is 10.2. The number of amides is 1. The van der Waals surface area contributed by atoms with E-state index in [1.165, 1.54) is 16.6 Å². The van der Waals surface area contributed by atoms with E-state index in [0.717, 1.165) is 32.5 Å². The highest BCUT2D eigenvalue weighted by Crippen LogP contribution is 2.29. The molecule has 10 heteroatoms. The van der Waals surface area contributed by atoms with Crippen LogP contribution in [0.2, 0.25) is 0 Å². The number of furan rings is 1. The van der Waals surface area contributed by atoms with Crippen LogP contribution in [0.5, 0.6) is 0 Å². The Kier molecular flexibility index (Phi) is 5.26. The normalized spacial score (nSPS) is 19.4. The standard InChI is InChI=1S/C18H25N5O4S/c1-2-21-9-11-23(12-10-21)28(25,26)16-6-5-15(27-16)17-14(13-19-20-17)18(24)22-7-3-4-8-22/h5-6,13H,2-4,7-12H2,1H3,(H,19,20). The van der Waals surface area contributed by atoms with Crippen LogP contribution in [0.3, 0.4) is 0 Å². The number of nitrogens with zero attached hydrogens (tertiary/aromatic N) is 4. The first-order valence-corrected chi connectivity index (χ1v) is 11.1. The topological polar surface area (TPSA) is 103 Å². The third-order valence-corrected chi connectivity index (χ3v) is 7.24. The fraction of sp³-hybridized carbons (Fsp3) is 0.556. The second-order valence-corrected chi connectivity index (χ2v) is 8.98. The van der Waals surface area contributed by atoms with Crippen LogP contribution in [0, 0.1) is 0 Å². The lowest BCUT2D eigenvalue weighted by Crippen LogP contribution is -2.48. The van der Waals surface area contributed by atoms with Crippen LogP contribution in [0.15, 0.2) is 27.8 Å². The number of likely N-dealkylation sites (tertiary alicyclic amines) is 1. The van der Waals surface area contributed by atoms with Gasteiger partial charge in [0, 0.05) is 39.3 Å². The first-order valence-electron chi connectivity index (χ1n) is 9.66. The van der Waals surface area contributed by atoms with Gasteiger partial charge in [-0.15, -0.1) is 0 Å². The summed E-state index contributed by atoms with van der Waals surface area (Å²) in [4.78, 5) is 16.7. The van der Waals surface area contributed by atoms with Gasteiger partial charge in [-0.2, -0.15) is 9.40 Å². The molecule has 0 aliphatic carbocycles. The maximum absolute atomic E-state index is 12.9. The van der Waals surface area contributed by atoms with Crippen molar-refractivity contribution >= 4 is 15.9 Å². The minimum atomic E-state index is -3.70. The van der Waals surface area contributed by atoms with Crippen LogP contribution in [-0.2, 0) is 10.0 Å². The molecule has 4 rings (SSSR count). The largest absolute Gasteiger partial charge is 0.442 e. The van der Waals surface area contributed by atoms with Gasteiger partial charge in [0.05, 0.1) is 11.8 Å². The summed E-state index contributed by atoms with van der Waals surface area (Å²) in [6.45, 7) is 6.72. The molecule has 2 aliphatic heterocycles. The van der Waals surface area contributed by atoms with E-state index in [0.29, 0.717) is 43.2 Å². The molecule has 152 valence electrons. The van der Waals surface area contributed by atoms with E-state index in [2.05, 4.69) is 22.0 Å². The Hall–Kier alpha value is -2.17. The molecular formula is C18H25N5O4S. The second kappa shape index (κ2) is 7.69. The fourth-order valence-corrected chi connectivity index (χ4v) is 5.07. The van der Waals surface area contributed by atoms with Crippen LogP contribution < -0.4 is 0 Å². The zero-order valence-electron chi connectivity index (χ0n) is 15.9. The average molecular weight is 407 g/mol. The van der Waals surface area contributed by atoms with E-state index >= 15 is 0 Å². The highest BCUT2D eigenvalue weighted by atomic mass is 32.2. The van der Waals surface area contributed by atoms with Crippen LogP contribution in [0.4, 0.5) is 0 Å². The zero-order chi connectivity index (χ0) is 19.7. The average Bonchev–Trinajstić information content (AvgIpc) is 3.48. The molecule has 9 nitrogen and oxygen atoms in total. The van der Waals surface area contributed by atoms with Crippen LogP contribution in [0.25, 0.3) is 11.5 Å². The maximum atomic E-state index is 12.9. The molecule has 4 heterocycles. The summed E-state index contributed by atoms with van der Waals surface area (Å²) in [7, 11) is -3.70. The number of aromatic nitrogens is 2. The third-order valence-electron chi connectivity index (χ3n) is 5.46. The molecule has 2 aromatic heterocycles. The first-order chi connectivity index (χ1) is 13.5. The third kappa shape index (κ3) is 3.47. The molecule has 2 aliphatic rings. The number of sulfonamides is 1. The molecule has 2 saturated heterocycles. The number of carbonyl (C=O) groups is 1. The number of aromatic amines is 1. The summed E-state index contributed by atoms with van der Waals surface area (Å²) in [6, 6.07) is 3.02. The minimum absolute atomic E-state index is 0.110. The number of carbonyl (C=O) groups excluding carboxylic acids is 1. The quantitative estimate of drug-likeness (QED) is 0.800. The van der Waals surface area contributed by atoms with E-state index in [9.17, 15) is 13.2 Å². The van der Waals surface area contributed by atoms with Gasteiger partial charge in [-0.3, -0.25) is 9.89 Å². The van der Waals surface area contributed by atoms with Crippen molar-refractivity contribution in [1.82, 2.24) is 24.3 Å². The molecule has 0 spiro atoms. The van der Waals surface area contributed by atoms with Crippen molar-refractivity contribution in [3.05, 3.63) is 23.9 Å². The number of hydrogen-bond acceptors (Lipinski definition) is 6. The van der Waals surface area contributed by atoms with Gasteiger partial charge in [0.1, 0.15) is 5.69 Å². The van der Waals surface area contributed by atoms with Gasteiger partial charge in [0.15, 0.2) is 5.76 Å². The predicted octanol–water partition coefficient (Wildman–Crippen LogP) is 1.23. The zero-order valence-corrected chi connectivity index (χ0v) is 16.7. The number of hydrogen-bond donors (Lipinski definition) is 1. The molecular weight excluding hydrogens is 382 g/mol. The maximum Gasteiger partial charge on any atom is 0.276 e. The first kappa shape index (κ1) is 19.2. The van der Waals surface area contributed by atoms with Gasteiger partial charge in [-0.1, -0.05) is 6.92 Å². The summed E-state index contributed by atoms with van der Waals surface area (Å²) >= 11 is 0. The predicted molar refractivity (Wildman–Crippen MR) is 102 cm³/mol. The van der Waals surface area contributed by atoms with Crippen molar-refractivity contribution in [2.75, 3.05) is 45.8 Å². The van der Waals surface area contributed by atoms with E-state index in [4.69, 9.17) is 4.42 Å². The van der Waals surface area contributed by atoms with E-state index in [1.807, 2.05) is 0 Å². The molecule has 2 fully saturated rings. The number of H-pyrrole nitrogens is 1. The molecule has 0 unspecified atom stereocenters. The Balaban J connectivity index is 1.55. The summed E-state index contributed by atoms with van der Waals surface area (Å²) in [5, 5.41) is 6.64. The molecule has 1 N–H and O–H groups in total. The highest BCUT2D eigenvalue weighted by molar-refractivity contribution is 7.89. The molecule has 0 atom stereocenters. The molecule has 0 bridgehead atoms. The van der Waals surface area contributed by atoms with Crippen LogP contribution >= 0.6 is 0 Å². The van der Waals surface area contributed by atoms with Gasteiger partial charge < -0.3 is 14.2 Å². The van der Waals surface area contributed by atoms with Crippen LogP contribution in [-0.4, -0.2) is 84.4 Å². The minimum Gasteiger partial charge on any atom is -0.442 e. The Morgan fingerprint density at radius 2 is 1.86 bits per heavy atom. The number of piperazine rings is 1. The second-order valence-electron chi connectivity index (χ2n) is 7.12. The summed E-state index contributed by atoms with van der Waals surface area (Å²) in [5.74, 6) is 0.184. The fourth-order valence-electron chi connectivity index (χ4n) is 3.73. The Morgan fingerprint density at radius 1 is 1.14 bits per heavy atom. The molecule has 0 aromatic carbocycles. The van der Waals surface area contributed by atoms with Gasteiger partial charge in [0.2, 0.25) is 5.09 Å². The molecule has 28 heavy (non-hydrogen) atoms. The summed E-state index contributed by atoms with van der Waals surface area (Å²) in [6.07, 6.45) is 3.46. The Bertz CT molecular complexity index is 937. The Labute approximate surface area is 164 Å². The van der Waals surface area contributed by atoms with Gasteiger partial charge in [0.25, 0.3) is 15.9 Å². The van der Waals surface area contributed by atoms with Crippen molar-refractivity contribution < 1.29 is 17.6 Å².